The van der Waals surface area contributed by atoms with Gasteiger partial charge >= 0.3 is 12.3 Å². The van der Waals surface area contributed by atoms with Crippen molar-refractivity contribution in [2.24, 2.45) is 0 Å². The van der Waals surface area contributed by atoms with Crippen LogP contribution in [0.3, 0.4) is 0 Å². The SMILES string of the molecule is FC(F)(F)C(F)(F)Oc1ccccc1[S]. The summed E-state index contributed by atoms with van der Waals surface area (Å²) in [5, 5.41) is 0. The third-order valence-corrected chi connectivity index (χ3v) is 1.75. The molecule has 0 saturated carbocycles. The predicted molar refractivity (Wildman–Crippen MR) is 43.9 cm³/mol. The van der Waals surface area contributed by atoms with E-state index in [1.165, 1.54) is 18.2 Å². The van der Waals surface area contributed by atoms with Gasteiger partial charge in [-0.05, 0) is 12.1 Å². The van der Waals surface area contributed by atoms with Gasteiger partial charge in [-0.1, -0.05) is 24.8 Å². The molecule has 0 N–H and O–H groups in total. The second-order valence-electron chi connectivity index (χ2n) is 2.56. The van der Waals surface area contributed by atoms with E-state index in [0.717, 1.165) is 6.07 Å². The van der Waals surface area contributed by atoms with Gasteiger partial charge in [-0.3, -0.25) is 0 Å². The molecule has 83 valence electrons. The predicted octanol–water partition coefficient (Wildman–Crippen LogP) is 3.78. The standard InChI is InChI=1S/C8H4F5OS/c9-7(10,11)8(12,13)14-5-3-1-2-4-6(5)15/h1-4H. The largest absolute Gasteiger partial charge is 0.499 e. The van der Waals surface area contributed by atoms with Gasteiger partial charge in [0, 0.05) is 0 Å². The number of benzene rings is 1. The van der Waals surface area contributed by atoms with Crippen molar-refractivity contribution in [1.82, 2.24) is 0 Å². The van der Waals surface area contributed by atoms with Gasteiger partial charge in [0.2, 0.25) is 0 Å². The number of hydrogen-bond donors (Lipinski definition) is 0. The van der Waals surface area contributed by atoms with E-state index < -0.39 is 18.0 Å². The molecule has 0 spiro atoms. The van der Waals surface area contributed by atoms with E-state index in [9.17, 15) is 22.0 Å². The summed E-state index contributed by atoms with van der Waals surface area (Å²) in [4.78, 5) is -0.207. The second-order valence-corrected chi connectivity index (χ2v) is 3.00. The Bertz CT molecular complexity index is 349. The van der Waals surface area contributed by atoms with Gasteiger partial charge in [-0.2, -0.15) is 22.0 Å². The Labute approximate surface area is 87.3 Å². The molecule has 0 fully saturated rings. The minimum atomic E-state index is -5.76. The highest BCUT2D eigenvalue weighted by Crippen LogP contribution is 2.38. The highest BCUT2D eigenvalue weighted by molar-refractivity contribution is 7.80. The fourth-order valence-electron chi connectivity index (χ4n) is 0.730. The van der Waals surface area contributed by atoms with Crippen LogP contribution in [0.4, 0.5) is 22.0 Å². The zero-order valence-electron chi connectivity index (χ0n) is 7.02. The molecule has 0 amide bonds. The molecule has 0 unspecified atom stereocenters. The summed E-state index contributed by atoms with van der Waals surface area (Å²) in [6.07, 6.45) is -11.0. The third kappa shape index (κ3) is 2.68. The Hall–Kier alpha value is -1.11. The van der Waals surface area contributed by atoms with E-state index in [1.807, 2.05) is 0 Å². The minimum Gasteiger partial charge on any atom is -0.424 e. The molecule has 15 heavy (non-hydrogen) atoms. The fourth-order valence-corrected chi connectivity index (χ4v) is 0.919. The molecular weight excluding hydrogens is 239 g/mol. The summed E-state index contributed by atoms with van der Waals surface area (Å²) in [6.45, 7) is 0. The summed E-state index contributed by atoms with van der Waals surface area (Å²) >= 11 is 4.52. The van der Waals surface area contributed by atoms with Gasteiger partial charge in [0.15, 0.2) is 0 Å². The molecule has 7 heteroatoms. The third-order valence-electron chi connectivity index (χ3n) is 1.42. The molecule has 1 aromatic carbocycles. The van der Waals surface area contributed by atoms with E-state index in [0.29, 0.717) is 0 Å². The first-order valence-electron chi connectivity index (χ1n) is 3.63. The summed E-state index contributed by atoms with van der Waals surface area (Å²) < 4.78 is 63.6. The van der Waals surface area contributed by atoms with Crippen LogP contribution in [0.25, 0.3) is 0 Å². The molecule has 1 radical (unpaired) electrons. The molecule has 0 aromatic heterocycles. The molecule has 0 saturated heterocycles. The van der Waals surface area contributed by atoms with Crippen LogP contribution >= 0.6 is 12.6 Å². The highest BCUT2D eigenvalue weighted by atomic mass is 32.1. The normalized spacial score (nSPS) is 12.6. The van der Waals surface area contributed by atoms with Crippen LogP contribution in [0.5, 0.6) is 5.75 Å². The lowest BCUT2D eigenvalue weighted by molar-refractivity contribution is -0.361. The molecule has 0 bridgehead atoms. The number of para-hydroxylation sites is 1. The summed E-state index contributed by atoms with van der Waals surface area (Å²) in [6, 6.07) is 4.79. The van der Waals surface area contributed by atoms with Crippen LogP contribution < -0.4 is 4.74 Å². The minimum absolute atomic E-state index is 0.207. The van der Waals surface area contributed by atoms with Crippen molar-refractivity contribution < 1.29 is 26.7 Å². The lowest BCUT2D eigenvalue weighted by Crippen LogP contribution is -2.41. The van der Waals surface area contributed by atoms with E-state index in [1.54, 1.807) is 0 Å². The van der Waals surface area contributed by atoms with Crippen molar-refractivity contribution in [2.45, 2.75) is 17.2 Å². The number of halogens is 5. The molecule has 1 nitrogen and oxygen atoms in total. The smallest absolute Gasteiger partial charge is 0.424 e. The molecule has 0 heterocycles. The molecular formula is C8H4F5OS. The maximum absolute atomic E-state index is 12.4. The first kappa shape index (κ1) is 12.0. The monoisotopic (exact) mass is 243 g/mol. The van der Waals surface area contributed by atoms with Gasteiger partial charge < -0.3 is 4.74 Å². The number of ether oxygens (including phenoxy) is 1. The van der Waals surface area contributed by atoms with Crippen molar-refractivity contribution in [3.63, 3.8) is 0 Å². The van der Waals surface area contributed by atoms with Crippen molar-refractivity contribution in [3.05, 3.63) is 24.3 Å². The first-order valence-corrected chi connectivity index (χ1v) is 4.04. The quantitative estimate of drug-likeness (QED) is 0.718. The molecule has 0 aliphatic rings. The van der Waals surface area contributed by atoms with E-state index in [4.69, 9.17) is 0 Å². The van der Waals surface area contributed by atoms with Crippen molar-refractivity contribution in [2.75, 3.05) is 0 Å². The van der Waals surface area contributed by atoms with Crippen LogP contribution in [0.15, 0.2) is 29.2 Å². The second kappa shape index (κ2) is 3.80. The van der Waals surface area contributed by atoms with Gasteiger partial charge in [0.25, 0.3) is 0 Å². The van der Waals surface area contributed by atoms with Gasteiger partial charge in [-0.25, -0.2) is 0 Å². The zero-order valence-corrected chi connectivity index (χ0v) is 7.83. The Morgan fingerprint density at radius 1 is 1.00 bits per heavy atom. The van der Waals surface area contributed by atoms with E-state index in [-0.39, 0.29) is 4.90 Å². The zero-order chi connectivity index (χ0) is 11.7. The summed E-state index contributed by atoms with van der Waals surface area (Å²) in [5.41, 5.74) is 0. The van der Waals surface area contributed by atoms with Crippen LogP contribution in [-0.4, -0.2) is 12.3 Å². The molecule has 0 aliphatic heterocycles. The maximum atomic E-state index is 12.4. The Morgan fingerprint density at radius 2 is 1.53 bits per heavy atom. The van der Waals surface area contributed by atoms with Crippen LogP contribution in [0.1, 0.15) is 0 Å². The average molecular weight is 243 g/mol. The first-order chi connectivity index (χ1) is 6.74. The Kier molecular flexibility index (Phi) is 3.03. The van der Waals surface area contributed by atoms with Crippen molar-refractivity contribution >= 4 is 12.6 Å². The molecule has 1 aromatic rings. The van der Waals surface area contributed by atoms with Crippen molar-refractivity contribution in [1.29, 1.82) is 0 Å². The van der Waals surface area contributed by atoms with Crippen LogP contribution in [-0.2, 0) is 0 Å². The van der Waals surface area contributed by atoms with Crippen LogP contribution in [0, 0.1) is 0 Å². The van der Waals surface area contributed by atoms with Crippen LogP contribution in [0.2, 0.25) is 0 Å². The lowest BCUT2D eigenvalue weighted by atomic mass is 10.3. The topological polar surface area (TPSA) is 9.23 Å². The Morgan fingerprint density at radius 3 is 2.00 bits per heavy atom. The van der Waals surface area contributed by atoms with Gasteiger partial charge in [-0.15, -0.1) is 0 Å². The number of alkyl halides is 5. The summed E-state index contributed by atoms with van der Waals surface area (Å²) in [5.74, 6) is -0.671. The van der Waals surface area contributed by atoms with Gasteiger partial charge in [0.1, 0.15) is 5.75 Å². The average Bonchev–Trinajstić information content (AvgIpc) is 2.06. The number of hydrogen-bond acceptors (Lipinski definition) is 1. The van der Waals surface area contributed by atoms with Gasteiger partial charge in [0.05, 0.1) is 4.90 Å². The lowest BCUT2D eigenvalue weighted by Gasteiger charge is -2.20. The molecule has 0 atom stereocenters. The van der Waals surface area contributed by atoms with Crippen molar-refractivity contribution in [3.8, 4) is 5.75 Å². The number of rotatable bonds is 2. The Balaban J connectivity index is 2.92. The molecule has 0 aliphatic carbocycles. The van der Waals surface area contributed by atoms with E-state index >= 15 is 0 Å². The van der Waals surface area contributed by atoms with E-state index in [2.05, 4.69) is 17.4 Å². The highest BCUT2D eigenvalue weighted by Gasteiger charge is 2.61. The molecule has 1 rings (SSSR count). The fraction of sp³-hybridized carbons (Fsp3) is 0.250. The maximum Gasteiger partial charge on any atom is 0.499 e. The summed E-state index contributed by atoms with van der Waals surface area (Å²) in [7, 11) is 0.